The van der Waals surface area contributed by atoms with Crippen LogP contribution in [0.15, 0.2) is 18.2 Å². The molecule has 1 aromatic carbocycles. The maximum Gasteiger partial charge on any atom is 0.00103 e. The summed E-state index contributed by atoms with van der Waals surface area (Å²) in [4.78, 5) is 0. The van der Waals surface area contributed by atoms with Gasteiger partial charge in [-0.3, -0.25) is 0 Å². The Balaban J connectivity index is 2.40. The summed E-state index contributed by atoms with van der Waals surface area (Å²) in [7, 11) is 0. The van der Waals surface area contributed by atoms with Crippen LogP contribution in [0, 0.1) is 13.8 Å². The Kier molecular flexibility index (Phi) is 4.83. The van der Waals surface area contributed by atoms with E-state index < -0.39 is 0 Å². The molecule has 1 aromatic rings. The van der Waals surface area contributed by atoms with Gasteiger partial charge in [0.25, 0.3) is 0 Å². The fourth-order valence-corrected chi connectivity index (χ4v) is 1.74. The van der Waals surface area contributed by atoms with Crippen molar-refractivity contribution in [2.24, 2.45) is 0 Å². The molecule has 0 fully saturated rings. The van der Waals surface area contributed by atoms with Gasteiger partial charge < -0.3 is 5.32 Å². The van der Waals surface area contributed by atoms with Crippen molar-refractivity contribution in [3.63, 3.8) is 0 Å². The molecule has 0 radical (unpaired) electrons. The zero-order chi connectivity index (χ0) is 11.3. The largest absolute Gasteiger partial charge is 0.315 e. The Morgan fingerprint density at radius 2 is 1.93 bits per heavy atom. The smallest absolute Gasteiger partial charge is 0.00103 e. The molecule has 1 rings (SSSR count). The van der Waals surface area contributed by atoms with Crippen molar-refractivity contribution >= 4 is 0 Å². The molecule has 0 spiro atoms. The van der Waals surface area contributed by atoms with Gasteiger partial charge in [0, 0.05) is 6.04 Å². The van der Waals surface area contributed by atoms with Crippen LogP contribution in [-0.2, 0) is 6.42 Å². The molecule has 0 unspecified atom stereocenters. The molecule has 0 aliphatic carbocycles. The second-order valence-corrected chi connectivity index (χ2v) is 4.64. The molecule has 1 nitrogen and oxygen atoms in total. The van der Waals surface area contributed by atoms with E-state index in [-0.39, 0.29) is 0 Å². The van der Waals surface area contributed by atoms with Crippen LogP contribution in [0.2, 0.25) is 0 Å². The van der Waals surface area contributed by atoms with E-state index in [0.29, 0.717) is 6.04 Å². The molecule has 1 N–H and O–H groups in total. The predicted molar refractivity (Wildman–Crippen MR) is 67.4 cm³/mol. The molecular weight excluding hydrogens is 182 g/mol. The highest BCUT2D eigenvalue weighted by Crippen LogP contribution is 2.12. The Morgan fingerprint density at radius 1 is 1.20 bits per heavy atom. The highest BCUT2D eigenvalue weighted by atomic mass is 14.9. The molecule has 0 saturated heterocycles. The number of rotatable bonds is 5. The van der Waals surface area contributed by atoms with Crippen molar-refractivity contribution < 1.29 is 0 Å². The highest BCUT2D eigenvalue weighted by molar-refractivity contribution is 5.30. The minimum Gasteiger partial charge on any atom is -0.315 e. The summed E-state index contributed by atoms with van der Waals surface area (Å²) in [6.07, 6.45) is 2.41. The lowest BCUT2D eigenvalue weighted by Crippen LogP contribution is -2.23. The predicted octanol–water partition coefficient (Wildman–Crippen LogP) is 3.23. The maximum atomic E-state index is 3.45. The van der Waals surface area contributed by atoms with Crippen LogP contribution in [0.25, 0.3) is 0 Å². The van der Waals surface area contributed by atoms with Crippen LogP contribution in [0.1, 0.15) is 37.0 Å². The average molecular weight is 205 g/mol. The maximum absolute atomic E-state index is 3.45. The minimum absolute atomic E-state index is 0.601. The van der Waals surface area contributed by atoms with Gasteiger partial charge in [0.1, 0.15) is 0 Å². The Hall–Kier alpha value is -0.820. The van der Waals surface area contributed by atoms with Crippen molar-refractivity contribution in [2.75, 3.05) is 6.54 Å². The molecule has 0 heterocycles. The Bertz CT molecular complexity index is 302. The third-order valence-corrected chi connectivity index (χ3v) is 2.68. The standard InChI is InChI=1S/C14H23N/c1-11(2)15-9-5-6-14-10-12(3)7-8-13(14)4/h7-8,10-11,15H,5-6,9H2,1-4H3. The molecule has 15 heavy (non-hydrogen) atoms. The third-order valence-electron chi connectivity index (χ3n) is 2.68. The first-order valence-corrected chi connectivity index (χ1v) is 5.89. The molecule has 1 heteroatoms. The molecule has 0 amide bonds. The molecule has 0 saturated carbocycles. The molecule has 0 aliphatic heterocycles. The summed E-state index contributed by atoms with van der Waals surface area (Å²) in [6, 6.07) is 7.32. The van der Waals surface area contributed by atoms with Gasteiger partial charge in [-0.1, -0.05) is 37.6 Å². The summed E-state index contributed by atoms with van der Waals surface area (Å²) in [5.41, 5.74) is 4.29. The Labute approximate surface area is 93.9 Å². The van der Waals surface area contributed by atoms with Gasteiger partial charge in [0.15, 0.2) is 0 Å². The van der Waals surface area contributed by atoms with Crippen LogP contribution in [0.3, 0.4) is 0 Å². The van der Waals surface area contributed by atoms with Crippen molar-refractivity contribution in [1.82, 2.24) is 5.32 Å². The zero-order valence-electron chi connectivity index (χ0n) is 10.4. The summed E-state index contributed by atoms with van der Waals surface area (Å²) in [5.74, 6) is 0. The fourth-order valence-electron chi connectivity index (χ4n) is 1.74. The lowest BCUT2D eigenvalue weighted by atomic mass is 10.0. The van der Waals surface area contributed by atoms with Crippen molar-refractivity contribution in [1.29, 1.82) is 0 Å². The first-order chi connectivity index (χ1) is 7.09. The second-order valence-electron chi connectivity index (χ2n) is 4.64. The van der Waals surface area contributed by atoms with E-state index in [1.54, 1.807) is 0 Å². The topological polar surface area (TPSA) is 12.0 Å². The monoisotopic (exact) mass is 205 g/mol. The van der Waals surface area contributed by atoms with Gasteiger partial charge in [-0.05, 0) is 44.4 Å². The van der Waals surface area contributed by atoms with Gasteiger partial charge in [0.2, 0.25) is 0 Å². The van der Waals surface area contributed by atoms with Gasteiger partial charge >= 0.3 is 0 Å². The summed E-state index contributed by atoms with van der Waals surface area (Å²) in [5, 5.41) is 3.45. The van der Waals surface area contributed by atoms with Crippen LogP contribution in [0.4, 0.5) is 0 Å². The molecular formula is C14H23N. The van der Waals surface area contributed by atoms with Crippen LogP contribution >= 0.6 is 0 Å². The number of hydrogen-bond acceptors (Lipinski definition) is 1. The van der Waals surface area contributed by atoms with Gasteiger partial charge in [-0.2, -0.15) is 0 Å². The van der Waals surface area contributed by atoms with Crippen LogP contribution in [0.5, 0.6) is 0 Å². The summed E-state index contributed by atoms with van der Waals surface area (Å²) < 4.78 is 0. The Morgan fingerprint density at radius 3 is 2.60 bits per heavy atom. The number of benzene rings is 1. The number of aryl methyl sites for hydroxylation is 3. The molecule has 0 bridgehead atoms. The van der Waals surface area contributed by atoms with Gasteiger partial charge in [-0.25, -0.2) is 0 Å². The first-order valence-electron chi connectivity index (χ1n) is 5.89. The SMILES string of the molecule is Cc1ccc(C)c(CCCNC(C)C)c1. The van der Waals surface area contributed by atoms with Crippen molar-refractivity contribution in [3.05, 3.63) is 34.9 Å². The quantitative estimate of drug-likeness (QED) is 0.728. The third kappa shape index (κ3) is 4.48. The van der Waals surface area contributed by atoms with E-state index >= 15 is 0 Å². The van der Waals surface area contributed by atoms with Crippen molar-refractivity contribution in [2.45, 2.75) is 46.6 Å². The van der Waals surface area contributed by atoms with E-state index in [4.69, 9.17) is 0 Å². The molecule has 0 aliphatic rings. The second kappa shape index (κ2) is 5.92. The summed E-state index contributed by atoms with van der Waals surface area (Å²) >= 11 is 0. The molecule has 0 aromatic heterocycles. The minimum atomic E-state index is 0.601. The van der Waals surface area contributed by atoms with Crippen molar-refractivity contribution in [3.8, 4) is 0 Å². The van der Waals surface area contributed by atoms with Gasteiger partial charge in [0.05, 0.1) is 0 Å². The fraction of sp³-hybridized carbons (Fsp3) is 0.571. The zero-order valence-corrected chi connectivity index (χ0v) is 10.4. The lowest BCUT2D eigenvalue weighted by molar-refractivity contribution is 0.570. The normalized spacial score (nSPS) is 11.0. The van der Waals surface area contributed by atoms with E-state index in [1.807, 2.05) is 0 Å². The van der Waals surface area contributed by atoms with E-state index in [0.717, 1.165) is 6.54 Å². The van der Waals surface area contributed by atoms with E-state index in [2.05, 4.69) is 51.2 Å². The molecule has 84 valence electrons. The lowest BCUT2D eigenvalue weighted by Gasteiger charge is -2.09. The molecule has 0 atom stereocenters. The number of nitrogens with one attached hydrogen (secondary N) is 1. The van der Waals surface area contributed by atoms with E-state index in [9.17, 15) is 0 Å². The average Bonchev–Trinajstić information content (AvgIpc) is 2.17. The number of hydrogen-bond donors (Lipinski definition) is 1. The first kappa shape index (κ1) is 12.3. The van der Waals surface area contributed by atoms with Gasteiger partial charge in [-0.15, -0.1) is 0 Å². The van der Waals surface area contributed by atoms with Crippen LogP contribution < -0.4 is 5.32 Å². The highest BCUT2D eigenvalue weighted by Gasteiger charge is 1.99. The van der Waals surface area contributed by atoms with E-state index in [1.165, 1.54) is 29.5 Å². The summed E-state index contributed by atoms with van der Waals surface area (Å²) in [6.45, 7) is 9.86. The van der Waals surface area contributed by atoms with Crippen LogP contribution in [-0.4, -0.2) is 12.6 Å².